The SMILES string of the molecule is CCc1cc(C(=O)N2CC(C)CC(C)C2)cc(NC)n1. The minimum absolute atomic E-state index is 0.136. The molecule has 1 aromatic rings. The van der Waals surface area contributed by atoms with E-state index in [2.05, 4.69) is 31.1 Å². The predicted octanol–water partition coefficient (Wildman–Crippen LogP) is 2.80. The van der Waals surface area contributed by atoms with Crippen LogP contribution in [0.4, 0.5) is 5.82 Å². The first-order valence-corrected chi connectivity index (χ1v) is 7.51. The van der Waals surface area contributed by atoms with Gasteiger partial charge in [0.2, 0.25) is 0 Å². The van der Waals surface area contributed by atoms with Crippen LogP contribution in [0.15, 0.2) is 12.1 Å². The first-order valence-electron chi connectivity index (χ1n) is 7.51. The minimum atomic E-state index is 0.136. The second-order valence-corrected chi connectivity index (χ2v) is 5.99. The number of hydrogen-bond acceptors (Lipinski definition) is 3. The summed E-state index contributed by atoms with van der Waals surface area (Å²) in [6, 6.07) is 3.78. The normalized spacial score (nSPS) is 22.7. The molecular weight excluding hydrogens is 250 g/mol. The largest absolute Gasteiger partial charge is 0.373 e. The van der Waals surface area contributed by atoms with Crippen LogP contribution in [0.5, 0.6) is 0 Å². The first kappa shape index (κ1) is 14.8. The lowest BCUT2D eigenvalue weighted by Crippen LogP contribution is -2.42. The average Bonchev–Trinajstić information content (AvgIpc) is 2.44. The maximum atomic E-state index is 12.7. The molecule has 2 heterocycles. The fraction of sp³-hybridized carbons (Fsp3) is 0.625. The lowest BCUT2D eigenvalue weighted by Gasteiger charge is -2.35. The molecular formula is C16H25N3O. The fourth-order valence-electron chi connectivity index (χ4n) is 3.03. The van der Waals surface area contributed by atoms with Crippen LogP contribution >= 0.6 is 0 Å². The summed E-state index contributed by atoms with van der Waals surface area (Å²) in [4.78, 5) is 19.1. The molecule has 2 atom stereocenters. The van der Waals surface area contributed by atoms with E-state index in [0.717, 1.165) is 36.6 Å². The number of anilines is 1. The summed E-state index contributed by atoms with van der Waals surface area (Å²) in [5.74, 6) is 2.07. The molecule has 1 aromatic heterocycles. The molecule has 0 bridgehead atoms. The number of carbonyl (C=O) groups is 1. The zero-order chi connectivity index (χ0) is 14.7. The van der Waals surface area contributed by atoms with E-state index in [1.165, 1.54) is 6.42 Å². The van der Waals surface area contributed by atoms with Gasteiger partial charge < -0.3 is 10.2 Å². The van der Waals surface area contributed by atoms with Crippen LogP contribution in [0.2, 0.25) is 0 Å². The van der Waals surface area contributed by atoms with E-state index in [9.17, 15) is 4.79 Å². The molecule has 2 unspecified atom stereocenters. The number of aryl methyl sites for hydroxylation is 1. The van der Waals surface area contributed by atoms with E-state index in [0.29, 0.717) is 11.8 Å². The van der Waals surface area contributed by atoms with Crippen molar-refractivity contribution in [3.05, 3.63) is 23.4 Å². The summed E-state index contributed by atoms with van der Waals surface area (Å²) in [7, 11) is 1.83. The zero-order valence-electron chi connectivity index (χ0n) is 12.9. The van der Waals surface area contributed by atoms with Crippen LogP contribution in [0.3, 0.4) is 0 Å². The number of nitrogens with zero attached hydrogens (tertiary/aromatic N) is 2. The smallest absolute Gasteiger partial charge is 0.254 e. The Labute approximate surface area is 121 Å². The third kappa shape index (κ3) is 3.30. The Kier molecular flexibility index (Phi) is 4.63. The lowest BCUT2D eigenvalue weighted by molar-refractivity contribution is 0.0623. The monoisotopic (exact) mass is 275 g/mol. The Morgan fingerprint density at radius 3 is 2.55 bits per heavy atom. The molecule has 0 aliphatic carbocycles. The Morgan fingerprint density at radius 1 is 1.35 bits per heavy atom. The maximum Gasteiger partial charge on any atom is 0.254 e. The topological polar surface area (TPSA) is 45.2 Å². The van der Waals surface area contributed by atoms with Crippen molar-refractivity contribution in [3.63, 3.8) is 0 Å². The second-order valence-electron chi connectivity index (χ2n) is 5.99. The highest BCUT2D eigenvalue weighted by Gasteiger charge is 2.26. The molecule has 0 radical (unpaired) electrons. The molecule has 2 rings (SSSR count). The number of carbonyl (C=O) groups excluding carboxylic acids is 1. The van der Waals surface area contributed by atoms with E-state index < -0.39 is 0 Å². The van der Waals surface area contributed by atoms with E-state index in [4.69, 9.17) is 0 Å². The van der Waals surface area contributed by atoms with E-state index in [1.54, 1.807) is 0 Å². The molecule has 1 amide bonds. The van der Waals surface area contributed by atoms with Crippen LogP contribution < -0.4 is 5.32 Å². The van der Waals surface area contributed by atoms with Crippen molar-refractivity contribution < 1.29 is 4.79 Å². The molecule has 1 fully saturated rings. The molecule has 20 heavy (non-hydrogen) atoms. The Bertz CT molecular complexity index is 454. The summed E-state index contributed by atoms with van der Waals surface area (Å²) in [6.45, 7) is 8.22. The molecule has 4 nitrogen and oxygen atoms in total. The number of likely N-dealkylation sites (tertiary alicyclic amines) is 1. The highest BCUT2D eigenvalue weighted by Crippen LogP contribution is 2.23. The van der Waals surface area contributed by atoms with Gasteiger partial charge >= 0.3 is 0 Å². The van der Waals surface area contributed by atoms with Crippen LogP contribution in [0.1, 0.15) is 43.2 Å². The highest BCUT2D eigenvalue weighted by atomic mass is 16.2. The molecule has 0 spiro atoms. The van der Waals surface area contributed by atoms with Crippen molar-refractivity contribution in [2.75, 3.05) is 25.5 Å². The van der Waals surface area contributed by atoms with Gasteiger partial charge in [-0.05, 0) is 36.8 Å². The highest BCUT2D eigenvalue weighted by molar-refractivity contribution is 5.95. The number of piperidine rings is 1. The third-order valence-electron chi connectivity index (χ3n) is 3.90. The number of pyridine rings is 1. The standard InChI is InChI=1S/C16H25N3O/c1-5-14-7-13(8-15(17-4)18-14)16(20)19-9-11(2)6-12(3)10-19/h7-8,11-12H,5-6,9-10H2,1-4H3,(H,17,18). The fourth-order valence-corrected chi connectivity index (χ4v) is 3.03. The van der Waals surface area contributed by atoms with Gasteiger partial charge in [-0.15, -0.1) is 0 Å². The van der Waals surface area contributed by atoms with Crippen molar-refractivity contribution in [2.24, 2.45) is 11.8 Å². The molecule has 1 aliphatic heterocycles. The number of rotatable bonds is 3. The van der Waals surface area contributed by atoms with Gasteiger partial charge in [0.15, 0.2) is 0 Å². The molecule has 4 heteroatoms. The Hall–Kier alpha value is -1.58. The van der Waals surface area contributed by atoms with E-state index in [-0.39, 0.29) is 5.91 Å². The van der Waals surface area contributed by atoms with E-state index >= 15 is 0 Å². The lowest BCUT2D eigenvalue weighted by atomic mass is 9.91. The predicted molar refractivity (Wildman–Crippen MR) is 82.0 cm³/mol. The zero-order valence-corrected chi connectivity index (χ0v) is 12.9. The molecule has 0 aromatic carbocycles. The summed E-state index contributed by atoms with van der Waals surface area (Å²) in [6.07, 6.45) is 2.05. The Balaban J connectivity index is 2.23. The molecule has 1 aliphatic rings. The number of aromatic nitrogens is 1. The number of amides is 1. The van der Waals surface area contributed by atoms with Crippen LogP contribution in [-0.4, -0.2) is 35.9 Å². The van der Waals surface area contributed by atoms with Crippen molar-refractivity contribution in [2.45, 2.75) is 33.6 Å². The first-order chi connectivity index (χ1) is 9.53. The van der Waals surface area contributed by atoms with Crippen LogP contribution in [0.25, 0.3) is 0 Å². The van der Waals surface area contributed by atoms with Crippen LogP contribution in [0, 0.1) is 11.8 Å². The van der Waals surface area contributed by atoms with Gasteiger partial charge in [0.05, 0.1) is 0 Å². The quantitative estimate of drug-likeness (QED) is 0.922. The molecule has 1 saturated heterocycles. The minimum Gasteiger partial charge on any atom is -0.373 e. The summed E-state index contributed by atoms with van der Waals surface area (Å²) >= 11 is 0. The van der Waals surface area contributed by atoms with Crippen LogP contribution in [-0.2, 0) is 6.42 Å². The van der Waals surface area contributed by atoms with Gasteiger partial charge in [-0.2, -0.15) is 0 Å². The number of nitrogens with one attached hydrogen (secondary N) is 1. The van der Waals surface area contributed by atoms with Crippen molar-refractivity contribution >= 4 is 11.7 Å². The third-order valence-corrected chi connectivity index (χ3v) is 3.90. The van der Waals surface area contributed by atoms with E-state index in [1.807, 2.05) is 24.1 Å². The van der Waals surface area contributed by atoms with Gasteiger partial charge in [-0.25, -0.2) is 4.98 Å². The molecule has 110 valence electrons. The van der Waals surface area contributed by atoms with Gasteiger partial charge in [-0.3, -0.25) is 4.79 Å². The summed E-state index contributed by atoms with van der Waals surface area (Å²) < 4.78 is 0. The van der Waals surface area contributed by atoms with Gasteiger partial charge in [0, 0.05) is 31.4 Å². The summed E-state index contributed by atoms with van der Waals surface area (Å²) in [5.41, 5.74) is 1.71. The maximum absolute atomic E-state index is 12.7. The van der Waals surface area contributed by atoms with Gasteiger partial charge in [0.1, 0.15) is 5.82 Å². The van der Waals surface area contributed by atoms with Gasteiger partial charge in [0.25, 0.3) is 5.91 Å². The Morgan fingerprint density at radius 2 is 2.00 bits per heavy atom. The molecule has 1 N–H and O–H groups in total. The van der Waals surface area contributed by atoms with Crippen molar-refractivity contribution in [1.29, 1.82) is 0 Å². The number of hydrogen-bond donors (Lipinski definition) is 1. The van der Waals surface area contributed by atoms with Gasteiger partial charge in [-0.1, -0.05) is 20.8 Å². The average molecular weight is 275 g/mol. The van der Waals surface area contributed by atoms with Crippen molar-refractivity contribution in [1.82, 2.24) is 9.88 Å². The van der Waals surface area contributed by atoms with Crippen molar-refractivity contribution in [3.8, 4) is 0 Å². The summed E-state index contributed by atoms with van der Waals surface area (Å²) in [5, 5.41) is 3.04. The molecule has 0 saturated carbocycles. The second kappa shape index (κ2) is 6.25.